The van der Waals surface area contributed by atoms with E-state index in [1.54, 1.807) is 18.1 Å². The molecule has 0 bridgehead atoms. The summed E-state index contributed by atoms with van der Waals surface area (Å²) in [5.74, 6) is 1.09. The number of amides is 1. The van der Waals surface area contributed by atoms with Crippen molar-refractivity contribution >= 4 is 28.9 Å². The van der Waals surface area contributed by atoms with Crippen LogP contribution in [0.3, 0.4) is 0 Å². The number of nitriles is 1. The summed E-state index contributed by atoms with van der Waals surface area (Å²) in [6.07, 6.45) is 1.84. The molecule has 7 heteroatoms. The molecule has 0 spiro atoms. The van der Waals surface area contributed by atoms with Gasteiger partial charge in [0.05, 0.1) is 23.6 Å². The third-order valence-corrected chi connectivity index (χ3v) is 5.55. The lowest BCUT2D eigenvalue weighted by Crippen LogP contribution is -2.28. The first-order valence-corrected chi connectivity index (χ1v) is 10.5. The van der Waals surface area contributed by atoms with Crippen molar-refractivity contribution in [2.45, 2.75) is 20.5 Å². The van der Waals surface area contributed by atoms with E-state index in [0.717, 1.165) is 16.3 Å². The number of amidine groups is 1. The van der Waals surface area contributed by atoms with Gasteiger partial charge in [0.2, 0.25) is 0 Å². The van der Waals surface area contributed by atoms with Crippen molar-refractivity contribution < 1.29 is 14.3 Å². The molecule has 2 aromatic carbocycles. The van der Waals surface area contributed by atoms with Crippen LogP contribution in [0, 0.1) is 11.3 Å². The van der Waals surface area contributed by atoms with Gasteiger partial charge in [-0.05, 0) is 55.4 Å². The molecule has 0 aromatic heterocycles. The first-order chi connectivity index (χ1) is 14.6. The van der Waals surface area contributed by atoms with Gasteiger partial charge in [-0.1, -0.05) is 24.3 Å². The minimum atomic E-state index is -0.0397. The first kappa shape index (κ1) is 21.5. The van der Waals surface area contributed by atoms with Crippen molar-refractivity contribution in [1.82, 2.24) is 4.90 Å². The minimum Gasteiger partial charge on any atom is -0.493 e. The van der Waals surface area contributed by atoms with Crippen LogP contribution in [0.4, 0.5) is 0 Å². The van der Waals surface area contributed by atoms with E-state index in [2.05, 4.69) is 11.1 Å². The number of likely N-dealkylation sites (N-methyl/N-ethyl adjacent to an activating group) is 1. The van der Waals surface area contributed by atoms with E-state index < -0.39 is 0 Å². The van der Waals surface area contributed by atoms with E-state index in [4.69, 9.17) is 9.47 Å². The van der Waals surface area contributed by atoms with Crippen LogP contribution in [0.5, 0.6) is 11.5 Å². The van der Waals surface area contributed by atoms with E-state index >= 15 is 0 Å². The summed E-state index contributed by atoms with van der Waals surface area (Å²) < 4.78 is 11.4. The molecule has 6 nitrogen and oxygen atoms in total. The predicted molar refractivity (Wildman–Crippen MR) is 119 cm³/mol. The molecule has 0 radical (unpaired) electrons. The Morgan fingerprint density at radius 2 is 2.00 bits per heavy atom. The largest absolute Gasteiger partial charge is 0.493 e. The van der Waals surface area contributed by atoms with E-state index in [0.29, 0.717) is 35.1 Å². The van der Waals surface area contributed by atoms with Crippen molar-refractivity contribution in [2.75, 3.05) is 20.2 Å². The number of hydrogen-bond donors (Lipinski definition) is 0. The molecule has 0 unspecified atom stereocenters. The molecule has 1 saturated heterocycles. The van der Waals surface area contributed by atoms with Crippen LogP contribution in [0.25, 0.3) is 6.08 Å². The molecule has 0 aliphatic carbocycles. The highest BCUT2D eigenvalue weighted by Crippen LogP contribution is 2.35. The van der Waals surface area contributed by atoms with Gasteiger partial charge in [-0.25, -0.2) is 0 Å². The smallest absolute Gasteiger partial charge is 0.266 e. The summed E-state index contributed by atoms with van der Waals surface area (Å²) in [4.78, 5) is 19.4. The van der Waals surface area contributed by atoms with E-state index in [-0.39, 0.29) is 12.5 Å². The Balaban J connectivity index is 1.81. The quantitative estimate of drug-likeness (QED) is 0.617. The second-order valence-corrected chi connectivity index (χ2v) is 7.39. The Bertz CT molecular complexity index is 1040. The second kappa shape index (κ2) is 9.99. The van der Waals surface area contributed by atoms with E-state index in [1.165, 1.54) is 11.8 Å². The maximum absolute atomic E-state index is 12.6. The van der Waals surface area contributed by atoms with Crippen LogP contribution in [0.1, 0.15) is 30.5 Å². The molecule has 1 aliphatic heterocycles. The number of aliphatic imine (C=N–C) groups is 1. The highest BCUT2D eigenvalue weighted by atomic mass is 32.2. The molecule has 3 rings (SSSR count). The van der Waals surface area contributed by atoms with Gasteiger partial charge in [0, 0.05) is 18.7 Å². The number of carbonyl (C=O) groups excluding carboxylic acids is 1. The van der Waals surface area contributed by atoms with E-state index in [9.17, 15) is 10.1 Å². The molecule has 0 atom stereocenters. The van der Waals surface area contributed by atoms with Gasteiger partial charge >= 0.3 is 0 Å². The average molecular weight is 422 g/mol. The molecule has 154 valence electrons. The monoisotopic (exact) mass is 421 g/mol. The van der Waals surface area contributed by atoms with Crippen LogP contribution >= 0.6 is 11.8 Å². The highest BCUT2D eigenvalue weighted by molar-refractivity contribution is 8.18. The Hall–Kier alpha value is -3.24. The molecule has 1 heterocycles. The standard InChI is InChI=1S/C23H23N3O3S/c1-4-25-23-26(5-2)22(27)21(30-23)13-16-10-11-19(20(12-16)28-3)29-15-18-9-7-6-8-17(18)14-24/h6-13H,4-5,15H2,1-3H3/b21-13+,25-23?. The zero-order valence-corrected chi connectivity index (χ0v) is 18.0. The van der Waals surface area contributed by atoms with Gasteiger partial charge in [-0.3, -0.25) is 14.7 Å². The number of benzene rings is 2. The molecule has 2 aromatic rings. The fourth-order valence-electron chi connectivity index (χ4n) is 3.00. The fraction of sp³-hybridized carbons (Fsp3) is 0.261. The topological polar surface area (TPSA) is 74.9 Å². The van der Waals surface area contributed by atoms with Crippen molar-refractivity contribution in [2.24, 2.45) is 4.99 Å². The molecule has 30 heavy (non-hydrogen) atoms. The van der Waals surface area contributed by atoms with Gasteiger partial charge in [-0.15, -0.1) is 0 Å². The van der Waals surface area contributed by atoms with Crippen molar-refractivity contribution in [3.05, 3.63) is 64.1 Å². The van der Waals surface area contributed by atoms with Crippen molar-refractivity contribution in [3.63, 3.8) is 0 Å². The van der Waals surface area contributed by atoms with Gasteiger partial charge in [0.1, 0.15) is 6.61 Å². The lowest BCUT2D eigenvalue weighted by atomic mass is 10.1. The number of carbonyl (C=O) groups is 1. The number of ether oxygens (including phenoxy) is 2. The Morgan fingerprint density at radius 3 is 2.70 bits per heavy atom. The Kier molecular flexibility index (Phi) is 7.15. The molecule has 0 N–H and O–H groups in total. The lowest BCUT2D eigenvalue weighted by Gasteiger charge is -2.12. The van der Waals surface area contributed by atoms with Crippen LogP contribution in [0.2, 0.25) is 0 Å². The first-order valence-electron chi connectivity index (χ1n) is 9.65. The van der Waals surface area contributed by atoms with Gasteiger partial charge < -0.3 is 9.47 Å². The lowest BCUT2D eigenvalue weighted by molar-refractivity contribution is -0.122. The SMILES string of the molecule is CCN=C1S/C(=C/c2ccc(OCc3ccccc3C#N)c(OC)c2)C(=O)N1CC. The number of hydrogen-bond acceptors (Lipinski definition) is 6. The maximum Gasteiger partial charge on any atom is 0.266 e. The predicted octanol–water partition coefficient (Wildman–Crippen LogP) is 4.46. The fourth-order valence-corrected chi connectivity index (χ4v) is 4.10. The Labute approximate surface area is 180 Å². The summed E-state index contributed by atoms with van der Waals surface area (Å²) in [5, 5.41) is 9.96. The third kappa shape index (κ3) is 4.66. The maximum atomic E-state index is 12.6. The molecule has 1 fully saturated rings. The minimum absolute atomic E-state index is 0.0397. The normalized spacial score (nSPS) is 16.2. The second-order valence-electron chi connectivity index (χ2n) is 6.38. The molecular weight excluding hydrogens is 398 g/mol. The number of thioether (sulfide) groups is 1. The van der Waals surface area contributed by atoms with Gasteiger partial charge in [0.25, 0.3) is 5.91 Å². The summed E-state index contributed by atoms with van der Waals surface area (Å²) in [6.45, 7) is 5.37. The number of methoxy groups -OCH3 is 1. The molecule has 0 saturated carbocycles. The molecule has 1 amide bonds. The highest BCUT2D eigenvalue weighted by Gasteiger charge is 2.31. The Morgan fingerprint density at radius 1 is 1.20 bits per heavy atom. The van der Waals surface area contributed by atoms with E-state index in [1.807, 2.05) is 56.3 Å². The summed E-state index contributed by atoms with van der Waals surface area (Å²) in [7, 11) is 1.57. The zero-order chi connectivity index (χ0) is 21.5. The number of rotatable bonds is 7. The zero-order valence-electron chi connectivity index (χ0n) is 17.2. The van der Waals surface area contributed by atoms with Gasteiger partial charge in [-0.2, -0.15) is 5.26 Å². The van der Waals surface area contributed by atoms with Crippen LogP contribution < -0.4 is 9.47 Å². The average Bonchev–Trinajstić information content (AvgIpc) is 3.07. The van der Waals surface area contributed by atoms with Gasteiger partial charge in [0.15, 0.2) is 16.7 Å². The van der Waals surface area contributed by atoms with Crippen molar-refractivity contribution in [1.29, 1.82) is 5.26 Å². The summed E-state index contributed by atoms with van der Waals surface area (Å²) >= 11 is 1.38. The number of nitrogens with zero attached hydrogens (tertiary/aromatic N) is 3. The molecule has 1 aliphatic rings. The third-order valence-electron chi connectivity index (χ3n) is 4.50. The summed E-state index contributed by atoms with van der Waals surface area (Å²) in [6, 6.07) is 15.0. The summed E-state index contributed by atoms with van der Waals surface area (Å²) in [5.41, 5.74) is 2.23. The molecular formula is C23H23N3O3S. The van der Waals surface area contributed by atoms with Crippen LogP contribution in [-0.4, -0.2) is 36.2 Å². The van der Waals surface area contributed by atoms with Crippen LogP contribution in [0.15, 0.2) is 52.4 Å². The van der Waals surface area contributed by atoms with Crippen molar-refractivity contribution in [3.8, 4) is 17.6 Å². The van der Waals surface area contributed by atoms with Crippen LogP contribution in [-0.2, 0) is 11.4 Å².